The Hall–Kier alpha value is -2.41. The first-order chi connectivity index (χ1) is 13.3. The van der Waals surface area contributed by atoms with Gasteiger partial charge >= 0.3 is 0 Å². The molecular weight excluding hydrogens is 347 g/mol. The van der Waals surface area contributed by atoms with E-state index in [0.29, 0.717) is 12.6 Å². The van der Waals surface area contributed by atoms with Crippen LogP contribution >= 0.6 is 0 Å². The SMILES string of the molecule is Fc1cnc2nc1NC1CCCC(C1)OCCCCOc1cccc(c1)N2. The fourth-order valence-corrected chi connectivity index (χ4v) is 3.59. The van der Waals surface area contributed by atoms with E-state index in [1.165, 1.54) is 6.20 Å². The highest BCUT2D eigenvalue weighted by molar-refractivity contribution is 5.57. The quantitative estimate of drug-likeness (QED) is 0.720. The molecule has 1 aliphatic heterocycles. The minimum Gasteiger partial charge on any atom is -0.494 e. The van der Waals surface area contributed by atoms with Gasteiger partial charge in [0.15, 0.2) is 11.6 Å². The minimum absolute atomic E-state index is 0.156. The van der Waals surface area contributed by atoms with Gasteiger partial charge < -0.3 is 20.1 Å². The summed E-state index contributed by atoms with van der Waals surface area (Å²) in [6.07, 6.45) is 7.29. The Kier molecular flexibility index (Phi) is 5.67. The molecule has 2 N–H and O–H groups in total. The zero-order valence-corrected chi connectivity index (χ0v) is 15.3. The number of halogens is 1. The third-order valence-corrected chi connectivity index (χ3v) is 4.96. The molecule has 0 spiro atoms. The van der Waals surface area contributed by atoms with Gasteiger partial charge in [0.25, 0.3) is 0 Å². The molecule has 2 aliphatic rings. The molecule has 1 aliphatic carbocycles. The Bertz CT molecular complexity index is 773. The van der Waals surface area contributed by atoms with Crippen LogP contribution < -0.4 is 15.4 Å². The second kappa shape index (κ2) is 8.52. The summed E-state index contributed by atoms with van der Waals surface area (Å²) in [5, 5.41) is 6.38. The topological polar surface area (TPSA) is 68.3 Å². The maximum atomic E-state index is 14.2. The van der Waals surface area contributed by atoms with Crippen LogP contribution in [0.5, 0.6) is 5.75 Å². The van der Waals surface area contributed by atoms with E-state index in [4.69, 9.17) is 9.47 Å². The maximum absolute atomic E-state index is 14.2. The molecule has 27 heavy (non-hydrogen) atoms. The Morgan fingerprint density at radius 3 is 3.00 bits per heavy atom. The number of nitrogens with zero attached hydrogens (tertiary/aromatic N) is 2. The van der Waals surface area contributed by atoms with Gasteiger partial charge in [-0.2, -0.15) is 4.98 Å². The first kappa shape index (κ1) is 18.0. The van der Waals surface area contributed by atoms with Crippen molar-refractivity contribution < 1.29 is 13.9 Å². The van der Waals surface area contributed by atoms with E-state index < -0.39 is 5.82 Å². The van der Waals surface area contributed by atoms with Crippen LogP contribution in [0.15, 0.2) is 30.5 Å². The molecule has 0 amide bonds. The molecule has 0 saturated heterocycles. The van der Waals surface area contributed by atoms with Gasteiger partial charge in [0, 0.05) is 24.4 Å². The van der Waals surface area contributed by atoms with E-state index in [2.05, 4.69) is 20.6 Å². The van der Waals surface area contributed by atoms with Crippen molar-refractivity contribution in [1.82, 2.24) is 9.97 Å². The van der Waals surface area contributed by atoms with Crippen molar-refractivity contribution >= 4 is 17.5 Å². The van der Waals surface area contributed by atoms with Crippen molar-refractivity contribution in [2.24, 2.45) is 0 Å². The van der Waals surface area contributed by atoms with Gasteiger partial charge in [-0.3, -0.25) is 0 Å². The van der Waals surface area contributed by atoms with Crippen LogP contribution in [-0.2, 0) is 4.74 Å². The van der Waals surface area contributed by atoms with Gasteiger partial charge in [-0.15, -0.1) is 0 Å². The average molecular weight is 372 g/mol. The zero-order valence-electron chi connectivity index (χ0n) is 15.3. The summed E-state index contributed by atoms with van der Waals surface area (Å²) in [4.78, 5) is 8.39. The van der Waals surface area contributed by atoms with Gasteiger partial charge in [-0.05, 0) is 50.7 Å². The summed E-state index contributed by atoms with van der Waals surface area (Å²) in [5.41, 5.74) is 0.801. The van der Waals surface area contributed by atoms with Crippen molar-refractivity contribution in [2.45, 2.75) is 50.7 Å². The lowest BCUT2D eigenvalue weighted by molar-refractivity contribution is 0.0223. The lowest BCUT2D eigenvalue weighted by Crippen LogP contribution is -2.32. The second-order valence-electron chi connectivity index (χ2n) is 7.10. The van der Waals surface area contributed by atoms with Gasteiger partial charge in [0.05, 0.1) is 18.9 Å². The van der Waals surface area contributed by atoms with E-state index in [0.717, 1.165) is 56.6 Å². The first-order valence-corrected chi connectivity index (χ1v) is 9.67. The van der Waals surface area contributed by atoms with Crippen molar-refractivity contribution in [3.63, 3.8) is 0 Å². The molecule has 2 aromatic rings. The van der Waals surface area contributed by atoms with E-state index in [1.54, 1.807) is 0 Å². The highest BCUT2D eigenvalue weighted by Gasteiger charge is 2.24. The minimum atomic E-state index is -0.446. The number of ether oxygens (including phenoxy) is 2. The number of fused-ring (bicyclic) bond motifs is 6. The second-order valence-corrected chi connectivity index (χ2v) is 7.10. The summed E-state index contributed by atoms with van der Waals surface area (Å²) in [6, 6.07) is 7.77. The van der Waals surface area contributed by atoms with E-state index in [1.807, 2.05) is 24.3 Å². The summed E-state index contributed by atoms with van der Waals surface area (Å²) in [7, 11) is 0. The third kappa shape index (κ3) is 4.86. The smallest absolute Gasteiger partial charge is 0.229 e. The van der Waals surface area contributed by atoms with Gasteiger partial charge in [-0.1, -0.05) is 6.07 Å². The van der Waals surface area contributed by atoms with Crippen molar-refractivity contribution in [2.75, 3.05) is 23.8 Å². The van der Waals surface area contributed by atoms with Crippen LogP contribution in [0.2, 0.25) is 0 Å². The van der Waals surface area contributed by atoms with Crippen LogP contribution in [0.1, 0.15) is 38.5 Å². The number of rotatable bonds is 0. The summed E-state index contributed by atoms with van der Waals surface area (Å²) >= 11 is 0. The highest BCUT2D eigenvalue weighted by atomic mass is 19.1. The van der Waals surface area contributed by atoms with Crippen molar-refractivity contribution in [1.29, 1.82) is 0 Å². The van der Waals surface area contributed by atoms with Crippen LogP contribution in [0.4, 0.5) is 21.8 Å². The molecule has 6 bridgehead atoms. The number of benzene rings is 1. The lowest BCUT2D eigenvalue weighted by Gasteiger charge is -2.30. The summed E-state index contributed by atoms with van der Waals surface area (Å²) in [6.45, 7) is 1.38. The van der Waals surface area contributed by atoms with E-state index >= 15 is 0 Å². The first-order valence-electron chi connectivity index (χ1n) is 9.67. The standard InChI is InChI=1S/C20H25FN4O2/c21-18-13-22-20-24-15-6-4-8-17(12-15)27-10-2-1-9-26-16-7-3-5-14(11-16)23-19(18)25-20/h4,6,8,12-14,16H,1-3,5,7,9-11H2,(H2,22,23,24,25). The summed E-state index contributed by atoms with van der Waals surface area (Å²) < 4.78 is 26.1. The predicted molar refractivity (Wildman–Crippen MR) is 102 cm³/mol. The average Bonchev–Trinajstić information content (AvgIpc) is 2.67. The Labute approximate surface area is 158 Å². The van der Waals surface area contributed by atoms with Crippen LogP contribution in [0.25, 0.3) is 0 Å². The van der Waals surface area contributed by atoms with Crippen molar-refractivity contribution in [3.05, 3.63) is 36.3 Å². The molecule has 6 nitrogen and oxygen atoms in total. The van der Waals surface area contributed by atoms with E-state index in [9.17, 15) is 4.39 Å². The number of nitrogens with one attached hydrogen (secondary N) is 2. The molecule has 144 valence electrons. The molecule has 2 atom stereocenters. The molecule has 7 heteroatoms. The molecule has 1 saturated carbocycles. The normalized spacial score (nSPS) is 23.3. The molecular formula is C20H25FN4O2. The van der Waals surface area contributed by atoms with Gasteiger partial charge in [0.2, 0.25) is 5.95 Å². The fraction of sp³-hybridized carbons (Fsp3) is 0.500. The highest BCUT2D eigenvalue weighted by Crippen LogP contribution is 2.26. The van der Waals surface area contributed by atoms with Gasteiger partial charge in [0.1, 0.15) is 5.75 Å². The monoisotopic (exact) mass is 372 g/mol. The maximum Gasteiger partial charge on any atom is 0.229 e. The molecule has 2 unspecified atom stereocenters. The molecule has 1 aromatic carbocycles. The number of hydrogen-bond donors (Lipinski definition) is 2. The Morgan fingerprint density at radius 1 is 1.11 bits per heavy atom. The number of hydrogen-bond acceptors (Lipinski definition) is 6. The van der Waals surface area contributed by atoms with Crippen LogP contribution in [0, 0.1) is 5.82 Å². The molecule has 0 radical (unpaired) electrons. The van der Waals surface area contributed by atoms with Gasteiger partial charge in [-0.25, -0.2) is 9.37 Å². The molecule has 4 rings (SSSR count). The largest absolute Gasteiger partial charge is 0.494 e. The van der Waals surface area contributed by atoms with E-state index in [-0.39, 0.29) is 18.0 Å². The van der Waals surface area contributed by atoms with Crippen molar-refractivity contribution in [3.8, 4) is 5.75 Å². The Morgan fingerprint density at radius 2 is 2.04 bits per heavy atom. The molecule has 2 heterocycles. The number of anilines is 3. The zero-order chi connectivity index (χ0) is 18.5. The van der Waals surface area contributed by atoms with Crippen LogP contribution in [0.3, 0.4) is 0 Å². The molecule has 1 fully saturated rings. The Balaban J connectivity index is 1.57. The predicted octanol–water partition coefficient (Wildman–Crippen LogP) is 4.27. The molecule has 1 aromatic heterocycles. The third-order valence-electron chi connectivity index (χ3n) is 4.96. The van der Waals surface area contributed by atoms with Crippen LogP contribution in [-0.4, -0.2) is 35.3 Å². The fourth-order valence-electron chi connectivity index (χ4n) is 3.59. The number of aromatic nitrogens is 2. The summed E-state index contributed by atoms with van der Waals surface area (Å²) in [5.74, 6) is 0.916. The lowest BCUT2D eigenvalue weighted by atomic mass is 9.93.